The van der Waals surface area contributed by atoms with Gasteiger partial charge in [0.1, 0.15) is 11.4 Å². The lowest BCUT2D eigenvalue weighted by molar-refractivity contribution is 0.0527. The number of benzene rings is 1. The summed E-state index contributed by atoms with van der Waals surface area (Å²) >= 11 is 4.02. The van der Waals surface area contributed by atoms with E-state index < -0.39 is 5.97 Å². The van der Waals surface area contributed by atoms with Crippen LogP contribution in [-0.4, -0.2) is 34.6 Å². The lowest BCUT2D eigenvalue weighted by Crippen LogP contribution is -2.09. The van der Waals surface area contributed by atoms with Crippen molar-refractivity contribution < 1.29 is 14.3 Å². The molecule has 32 heavy (non-hydrogen) atoms. The number of thiol groups is 1. The minimum absolute atomic E-state index is 0.147. The van der Waals surface area contributed by atoms with E-state index in [1.54, 1.807) is 37.6 Å². The number of nitrogens with zero attached hydrogens (tertiary/aromatic N) is 3. The molecule has 0 fully saturated rings. The highest BCUT2D eigenvalue weighted by molar-refractivity contribution is 7.80. The van der Waals surface area contributed by atoms with Gasteiger partial charge in [0.25, 0.3) is 0 Å². The SMILES string of the molecule is CCOC(=O)c1cc2cc(-c3cnc(OC)c(N)c3)ccc2nc1N.Sc1cccnc1. The first-order valence-corrected chi connectivity index (χ1v) is 10.1. The van der Waals surface area contributed by atoms with E-state index in [1.807, 2.05) is 30.3 Å². The Morgan fingerprint density at radius 3 is 2.50 bits per heavy atom. The predicted octanol–water partition coefficient (Wildman–Crippen LogP) is 4.02. The van der Waals surface area contributed by atoms with Crippen molar-refractivity contribution in [3.63, 3.8) is 0 Å². The first-order valence-electron chi connectivity index (χ1n) is 9.69. The van der Waals surface area contributed by atoms with E-state index in [2.05, 4.69) is 27.6 Å². The molecule has 4 aromatic rings. The molecular weight excluding hydrogens is 426 g/mol. The fourth-order valence-corrected chi connectivity index (χ4v) is 3.05. The van der Waals surface area contributed by atoms with Crippen LogP contribution in [0, 0.1) is 0 Å². The molecule has 4 N–H and O–H groups in total. The molecule has 3 heterocycles. The first-order chi connectivity index (χ1) is 15.4. The van der Waals surface area contributed by atoms with Crippen LogP contribution in [0.3, 0.4) is 0 Å². The third-order valence-corrected chi connectivity index (χ3v) is 4.66. The minimum atomic E-state index is -0.491. The van der Waals surface area contributed by atoms with Crippen molar-refractivity contribution in [1.82, 2.24) is 15.0 Å². The summed E-state index contributed by atoms with van der Waals surface area (Å²) in [4.78, 5) is 25.2. The Kier molecular flexibility index (Phi) is 7.45. The average molecular weight is 450 g/mol. The largest absolute Gasteiger partial charge is 0.480 e. The van der Waals surface area contributed by atoms with E-state index in [1.165, 1.54) is 7.11 Å². The van der Waals surface area contributed by atoms with Gasteiger partial charge in [-0.15, -0.1) is 12.6 Å². The standard InChI is InChI=1S/C18H18N4O3.C5H5NS/c1-3-25-18(23)13-7-11-6-10(4-5-15(11)22-16(13)20)12-8-14(19)17(24-2)21-9-12;7-5-2-1-3-6-4-5/h4-9H,3,19H2,1-2H3,(H2,20,22);1-4,7H. The van der Waals surface area contributed by atoms with Crippen molar-refractivity contribution in [2.24, 2.45) is 0 Å². The van der Waals surface area contributed by atoms with Gasteiger partial charge in [-0.1, -0.05) is 6.07 Å². The zero-order valence-corrected chi connectivity index (χ0v) is 18.5. The molecule has 9 heteroatoms. The molecule has 0 radical (unpaired) electrons. The number of ether oxygens (including phenoxy) is 2. The van der Waals surface area contributed by atoms with Gasteiger partial charge in [-0.05, 0) is 48.9 Å². The number of methoxy groups -OCH3 is 1. The maximum absolute atomic E-state index is 12.0. The summed E-state index contributed by atoms with van der Waals surface area (Å²) in [6.45, 7) is 2.01. The summed E-state index contributed by atoms with van der Waals surface area (Å²) < 4.78 is 10.1. The molecular formula is C23H23N5O3S. The van der Waals surface area contributed by atoms with E-state index in [0.29, 0.717) is 17.1 Å². The van der Waals surface area contributed by atoms with Crippen molar-refractivity contribution >= 4 is 41.0 Å². The maximum atomic E-state index is 12.0. The van der Waals surface area contributed by atoms with Crippen molar-refractivity contribution in [2.45, 2.75) is 11.8 Å². The summed E-state index contributed by atoms with van der Waals surface area (Å²) in [5.74, 6) is 0.0350. The van der Waals surface area contributed by atoms with Crippen molar-refractivity contribution in [1.29, 1.82) is 0 Å². The summed E-state index contributed by atoms with van der Waals surface area (Å²) in [5.41, 5.74) is 14.9. The van der Waals surface area contributed by atoms with E-state index in [0.717, 1.165) is 21.4 Å². The number of esters is 1. The molecule has 0 aliphatic carbocycles. The van der Waals surface area contributed by atoms with E-state index in [-0.39, 0.29) is 18.0 Å². The van der Waals surface area contributed by atoms with Gasteiger partial charge in [0.2, 0.25) is 5.88 Å². The zero-order valence-electron chi connectivity index (χ0n) is 17.6. The summed E-state index contributed by atoms with van der Waals surface area (Å²) in [7, 11) is 1.52. The maximum Gasteiger partial charge on any atom is 0.341 e. The zero-order chi connectivity index (χ0) is 23.1. The molecule has 8 nitrogen and oxygen atoms in total. The normalized spacial score (nSPS) is 10.2. The van der Waals surface area contributed by atoms with Gasteiger partial charge in [0.15, 0.2) is 0 Å². The molecule has 1 aromatic carbocycles. The second-order valence-corrected chi connectivity index (χ2v) is 7.10. The molecule has 0 spiro atoms. The van der Waals surface area contributed by atoms with Crippen LogP contribution in [0.5, 0.6) is 5.88 Å². The molecule has 0 unspecified atom stereocenters. The highest BCUT2D eigenvalue weighted by Crippen LogP contribution is 2.29. The number of carbonyl (C=O) groups excluding carboxylic acids is 1. The molecule has 0 atom stereocenters. The van der Waals surface area contributed by atoms with Gasteiger partial charge in [0, 0.05) is 34.4 Å². The second kappa shape index (κ2) is 10.5. The van der Waals surface area contributed by atoms with Crippen molar-refractivity contribution in [3.8, 4) is 17.0 Å². The smallest absolute Gasteiger partial charge is 0.341 e. The van der Waals surface area contributed by atoms with E-state index >= 15 is 0 Å². The molecule has 0 bridgehead atoms. The molecule has 0 aliphatic rings. The van der Waals surface area contributed by atoms with Crippen LogP contribution in [0.15, 0.2) is 66.0 Å². The summed E-state index contributed by atoms with van der Waals surface area (Å²) in [6, 6.07) is 12.8. The van der Waals surface area contributed by atoms with Crippen LogP contribution in [-0.2, 0) is 4.74 Å². The number of nitrogen functional groups attached to an aromatic ring is 2. The van der Waals surface area contributed by atoms with Gasteiger partial charge in [-0.2, -0.15) is 0 Å². The average Bonchev–Trinajstić information content (AvgIpc) is 2.79. The molecule has 0 aliphatic heterocycles. The fraction of sp³-hybridized carbons (Fsp3) is 0.130. The van der Waals surface area contributed by atoms with Gasteiger partial charge >= 0.3 is 5.97 Å². The minimum Gasteiger partial charge on any atom is -0.480 e. The number of hydrogen-bond donors (Lipinski definition) is 3. The highest BCUT2D eigenvalue weighted by atomic mass is 32.1. The van der Waals surface area contributed by atoms with Gasteiger partial charge in [0.05, 0.1) is 24.9 Å². The number of aromatic nitrogens is 3. The Hall–Kier alpha value is -3.85. The first kappa shape index (κ1) is 22.8. The number of hydrogen-bond acceptors (Lipinski definition) is 9. The van der Waals surface area contributed by atoms with E-state index in [4.69, 9.17) is 20.9 Å². The van der Waals surface area contributed by atoms with Crippen LogP contribution in [0.4, 0.5) is 11.5 Å². The van der Waals surface area contributed by atoms with E-state index in [9.17, 15) is 4.79 Å². The third kappa shape index (κ3) is 5.44. The molecule has 0 saturated carbocycles. The second-order valence-electron chi connectivity index (χ2n) is 6.58. The number of fused-ring (bicyclic) bond motifs is 1. The Bertz CT molecular complexity index is 1240. The van der Waals surface area contributed by atoms with Crippen molar-refractivity contribution in [2.75, 3.05) is 25.2 Å². The summed E-state index contributed by atoms with van der Waals surface area (Å²) in [5, 5.41) is 0.768. The summed E-state index contributed by atoms with van der Waals surface area (Å²) in [6.07, 6.45) is 5.09. The van der Waals surface area contributed by atoms with Gasteiger partial charge in [-0.25, -0.2) is 14.8 Å². The number of pyridine rings is 3. The highest BCUT2D eigenvalue weighted by Gasteiger charge is 2.14. The van der Waals surface area contributed by atoms with Gasteiger partial charge < -0.3 is 20.9 Å². The number of anilines is 2. The predicted molar refractivity (Wildman–Crippen MR) is 128 cm³/mol. The monoisotopic (exact) mass is 449 g/mol. The number of nitrogens with two attached hydrogens (primary N) is 2. The van der Waals surface area contributed by atoms with Crippen LogP contribution in [0.2, 0.25) is 0 Å². The van der Waals surface area contributed by atoms with Gasteiger partial charge in [-0.3, -0.25) is 4.98 Å². The Morgan fingerprint density at radius 1 is 1.09 bits per heavy atom. The fourth-order valence-electron chi connectivity index (χ4n) is 2.89. The van der Waals surface area contributed by atoms with Crippen LogP contribution in [0.1, 0.15) is 17.3 Å². The van der Waals surface area contributed by atoms with Crippen LogP contribution >= 0.6 is 12.6 Å². The molecule has 164 valence electrons. The Morgan fingerprint density at radius 2 is 1.91 bits per heavy atom. The Labute approximate surface area is 191 Å². The molecule has 0 saturated heterocycles. The topological polar surface area (TPSA) is 126 Å². The molecule has 0 amide bonds. The van der Waals surface area contributed by atoms with Crippen LogP contribution < -0.4 is 16.2 Å². The quantitative estimate of drug-likeness (QED) is 0.315. The van der Waals surface area contributed by atoms with Crippen LogP contribution in [0.25, 0.3) is 22.0 Å². The lowest BCUT2D eigenvalue weighted by Gasteiger charge is -2.09. The number of carbonyl (C=O) groups is 1. The third-order valence-electron chi connectivity index (χ3n) is 4.39. The Balaban J connectivity index is 0.000000352. The van der Waals surface area contributed by atoms with Crippen molar-refractivity contribution in [3.05, 3.63) is 66.6 Å². The molecule has 4 rings (SSSR count). The lowest BCUT2D eigenvalue weighted by atomic mass is 10.0. The molecule has 3 aromatic heterocycles. The number of rotatable bonds is 4.